The molecule has 138 valence electrons. The molecule has 1 heterocycles. The number of methoxy groups -OCH3 is 1. The molecule has 1 N–H and O–H groups in total. The quantitative estimate of drug-likeness (QED) is 0.487. The minimum atomic E-state index is -0.723. The maximum Gasteiger partial charge on any atom is 0.340 e. The first-order chi connectivity index (χ1) is 12.3. The summed E-state index contributed by atoms with van der Waals surface area (Å²) in [6.45, 7) is 3.57. The Morgan fingerprint density at radius 3 is 2.23 bits per heavy atom. The average molecular weight is 358 g/mol. The van der Waals surface area contributed by atoms with Gasteiger partial charge in [-0.1, -0.05) is 12.1 Å². The van der Waals surface area contributed by atoms with Gasteiger partial charge in [-0.2, -0.15) is 0 Å². The number of aryl methyl sites for hydroxylation is 1. The van der Waals surface area contributed by atoms with E-state index in [9.17, 15) is 14.4 Å². The van der Waals surface area contributed by atoms with Crippen molar-refractivity contribution >= 4 is 17.7 Å². The molecular weight excluding hydrogens is 336 g/mol. The predicted molar refractivity (Wildman–Crippen MR) is 96.5 cm³/mol. The molecule has 1 amide bonds. The first kappa shape index (κ1) is 19.2. The number of ether oxygens (including phenoxy) is 2. The zero-order valence-electron chi connectivity index (χ0n) is 15.5. The van der Waals surface area contributed by atoms with E-state index in [0.717, 1.165) is 0 Å². The van der Waals surface area contributed by atoms with Crippen molar-refractivity contribution in [1.29, 1.82) is 0 Å². The number of carbonyl (C=O) groups excluding carboxylic acids is 3. The number of aromatic nitrogens is 1. The van der Waals surface area contributed by atoms with Crippen LogP contribution in [0.5, 0.6) is 5.75 Å². The molecule has 2 rings (SSSR count). The van der Waals surface area contributed by atoms with Crippen LogP contribution < -0.4 is 4.74 Å². The fraction of sp³-hybridized carbons (Fsp3) is 0.316. The Kier molecular flexibility index (Phi) is 5.82. The Labute approximate surface area is 151 Å². The van der Waals surface area contributed by atoms with Gasteiger partial charge in [-0.15, -0.1) is 0 Å². The van der Waals surface area contributed by atoms with E-state index in [1.165, 1.54) is 19.0 Å². The van der Waals surface area contributed by atoms with Crippen LogP contribution in [-0.2, 0) is 9.53 Å². The number of rotatable bonds is 6. The summed E-state index contributed by atoms with van der Waals surface area (Å²) in [5.41, 5.74) is 1.72. The second-order valence-electron chi connectivity index (χ2n) is 5.85. The van der Waals surface area contributed by atoms with Crippen molar-refractivity contribution in [2.45, 2.75) is 13.8 Å². The highest BCUT2D eigenvalue weighted by molar-refractivity contribution is 6.43. The van der Waals surface area contributed by atoms with Crippen LogP contribution in [0.1, 0.15) is 33.5 Å². The van der Waals surface area contributed by atoms with E-state index in [1.807, 2.05) is 0 Å². The summed E-state index contributed by atoms with van der Waals surface area (Å²) in [5.74, 6) is -1.32. The molecule has 0 spiro atoms. The number of likely N-dealkylation sites (N-methyl/N-ethyl adjacent to an activating group) is 1. The molecule has 0 radical (unpaired) electrons. The highest BCUT2D eigenvalue weighted by Gasteiger charge is 2.30. The van der Waals surface area contributed by atoms with Crippen molar-refractivity contribution in [3.05, 3.63) is 41.2 Å². The van der Waals surface area contributed by atoms with Crippen LogP contribution >= 0.6 is 0 Å². The number of Topliss-reactive ketones (excluding diaryl/α,β-unsaturated/α-hetero) is 1. The lowest BCUT2D eigenvalue weighted by atomic mass is 9.98. The molecule has 0 saturated heterocycles. The van der Waals surface area contributed by atoms with Crippen LogP contribution in [0.2, 0.25) is 0 Å². The number of amides is 1. The van der Waals surface area contributed by atoms with Crippen LogP contribution in [0.25, 0.3) is 11.1 Å². The number of nitrogens with one attached hydrogen (secondary N) is 1. The van der Waals surface area contributed by atoms with Gasteiger partial charge in [-0.3, -0.25) is 9.59 Å². The van der Waals surface area contributed by atoms with Crippen LogP contribution in [0.3, 0.4) is 0 Å². The zero-order chi connectivity index (χ0) is 19.4. The van der Waals surface area contributed by atoms with Crippen LogP contribution in [0.15, 0.2) is 24.3 Å². The summed E-state index contributed by atoms with van der Waals surface area (Å²) in [7, 11) is 4.54. The van der Waals surface area contributed by atoms with E-state index >= 15 is 0 Å². The van der Waals surface area contributed by atoms with Gasteiger partial charge in [-0.25, -0.2) is 4.79 Å². The Bertz CT molecular complexity index is 834. The SMILES string of the molecule is CCOC(=O)c1c(C)[nH]c(C(=O)C(=O)N(C)C)c1-c1ccc(OC)cc1. The third kappa shape index (κ3) is 3.61. The molecule has 0 unspecified atom stereocenters. The molecule has 1 aromatic carbocycles. The lowest BCUT2D eigenvalue weighted by molar-refractivity contribution is -0.124. The lowest BCUT2D eigenvalue weighted by Crippen LogP contribution is -2.30. The fourth-order valence-corrected chi connectivity index (χ4v) is 2.61. The summed E-state index contributed by atoms with van der Waals surface area (Å²) < 4.78 is 10.3. The van der Waals surface area contributed by atoms with Gasteiger partial charge in [-0.05, 0) is 31.5 Å². The number of carbonyl (C=O) groups is 3. The minimum Gasteiger partial charge on any atom is -0.497 e. The first-order valence-corrected chi connectivity index (χ1v) is 8.11. The maximum atomic E-state index is 12.7. The van der Waals surface area contributed by atoms with Gasteiger partial charge in [0.2, 0.25) is 0 Å². The molecule has 7 nitrogen and oxygen atoms in total. The van der Waals surface area contributed by atoms with Crippen molar-refractivity contribution in [2.24, 2.45) is 0 Å². The van der Waals surface area contributed by atoms with Gasteiger partial charge >= 0.3 is 5.97 Å². The molecule has 2 aromatic rings. The molecule has 0 aliphatic heterocycles. The summed E-state index contributed by atoms with van der Waals surface area (Å²) in [5, 5.41) is 0. The number of aromatic amines is 1. The maximum absolute atomic E-state index is 12.7. The lowest BCUT2D eigenvalue weighted by Gasteiger charge is -2.11. The zero-order valence-corrected chi connectivity index (χ0v) is 15.5. The van der Waals surface area contributed by atoms with E-state index in [-0.39, 0.29) is 17.9 Å². The standard InChI is InChI=1S/C19H22N2O5/c1-6-26-19(24)14-11(2)20-16(17(22)18(23)21(3)4)15(14)12-7-9-13(25-5)10-8-12/h7-10,20H,6H2,1-5H3. The van der Waals surface area contributed by atoms with E-state index < -0.39 is 17.7 Å². The predicted octanol–water partition coefficient (Wildman–Crippen LogP) is 2.45. The van der Waals surface area contributed by atoms with Crippen LogP contribution in [-0.4, -0.2) is 55.4 Å². The summed E-state index contributed by atoms with van der Waals surface area (Å²) in [4.78, 5) is 41.3. The third-order valence-electron chi connectivity index (χ3n) is 3.87. The normalized spacial score (nSPS) is 10.3. The van der Waals surface area contributed by atoms with Crippen LogP contribution in [0, 0.1) is 6.92 Å². The van der Waals surface area contributed by atoms with Gasteiger partial charge in [0.15, 0.2) is 0 Å². The molecule has 0 atom stereocenters. The molecule has 0 aliphatic rings. The van der Waals surface area contributed by atoms with Gasteiger partial charge in [0.1, 0.15) is 11.4 Å². The topological polar surface area (TPSA) is 88.7 Å². The summed E-state index contributed by atoms with van der Waals surface area (Å²) in [6, 6.07) is 6.88. The monoisotopic (exact) mass is 358 g/mol. The molecule has 1 aromatic heterocycles. The minimum absolute atomic E-state index is 0.0643. The number of nitrogens with zero attached hydrogens (tertiary/aromatic N) is 1. The smallest absolute Gasteiger partial charge is 0.340 e. The van der Waals surface area contributed by atoms with E-state index in [1.54, 1.807) is 45.2 Å². The fourth-order valence-electron chi connectivity index (χ4n) is 2.61. The number of esters is 1. The van der Waals surface area contributed by atoms with E-state index in [0.29, 0.717) is 22.6 Å². The number of hydrogen-bond donors (Lipinski definition) is 1. The van der Waals surface area contributed by atoms with Crippen LogP contribution in [0.4, 0.5) is 0 Å². The Balaban J connectivity index is 2.68. The van der Waals surface area contributed by atoms with E-state index in [2.05, 4.69) is 4.98 Å². The van der Waals surface area contributed by atoms with Gasteiger partial charge in [0.05, 0.1) is 19.3 Å². The second-order valence-corrected chi connectivity index (χ2v) is 5.85. The van der Waals surface area contributed by atoms with Crippen molar-refractivity contribution in [3.63, 3.8) is 0 Å². The summed E-state index contributed by atoms with van der Waals surface area (Å²) >= 11 is 0. The average Bonchev–Trinajstić information content (AvgIpc) is 2.97. The van der Waals surface area contributed by atoms with Crippen molar-refractivity contribution in [3.8, 4) is 16.9 Å². The Hall–Kier alpha value is -3.09. The second kappa shape index (κ2) is 7.86. The first-order valence-electron chi connectivity index (χ1n) is 8.11. The molecule has 0 aliphatic carbocycles. The Morgan fingerprint density at radius 1 is 1.12 bits per heavy atom. The van der Waals surface area contributed by atoms with Gasteiger partial charge < -0.3 is 19.4 Å². The van der Waals surface area contributed by atoms with Gasteiger partial charge in [0.25, 0.3) is 11.7 Å². The molecule has 0 fully saturated rings. The number of benzene rings is 1. The molecular formula is C19H22N2O5. The third-order valence-corrected chi connectivity index (χ3v) is 3.87. The molecule has 0 bridgehead atoms. The van der Waals surface area contributed by atoms with Crippen molar-refractivity contribution < 1.29 is 23.9 Å². The highest BCUT2D eigenvalue weighted by atomic mass is 16.5. The van der Waals surface area contributed by atoms with Crippen molar-refractivity contribution in [1.82, 2.24) is 9.88 Å². The highest BCUT2D eigenvalue weighted by Crippen LogP contribution is 2.32. The number of H-pyrrole nitrogens is 1. The summed E-state index contributed by atoms with van der Waals surface area (Å²) in [6.07, 6.45) is 0. The van der Waals surface area contributed by atoms with E-state index in [4.69, 9.17) is 9.47 Å². The molecule has 26 heavy (non-hydrogen) atoms. The number of hydrogen-bond acceptors (Lipinski definition) is 5. The van der Waals surface area contributed by atoms with Crippen molar-refractivity contribution in [2.75, 3.05) is 27.8 Å². The molecule has 7 heteroatoms. The van der Waals surface area contributed by atoms with Gasteiger partial charge in [0, 0.05) is 25.4 Å². The molecule has 0 saturated carbocycles. The largest absolute Gasteiger partial charge is 0.497 e. The Morgan fingerprint density at radius 2 is 1.73 bits per heavy atom. The number of ketones is 1.